The van der Waals surface area contributed by atoms with Gasteiger partial charge in [-0.2, -0.15) is 0 Å². The molecule has 0 atom stereocenters. The maximum absolute atomic E-state index is 12.0. The van der Waals surface area contributed by atoms with Crippen molar-refractivity contribution in [3.8, 4) is 11.1 Å². The highest BCUT2D eigenvalue weighted by Crippen LogP contribution is 2.22. The maximum Gasteiger partial charge on any atom is 0.224 e. The van der Waals surface area contributed by atoms with Gasteiger partial charge in [-0.25, -0.2) is 4.98 Å². The number of hydrogen-bond donors (Lipinski definition) is 2. The Labute approximate surface area is 171 Å². The van der Waals surface area contributed by atoms with E-state index >= 15 is 0 Å². The van der Waals surface area contributed by atoms with Crippen LogP contribution >= 0.6 is 0 Å². The number of nitrogens with zero attached hydrogens (tertiary/aromatic N) is 1. The van der Waals surface area contributed by atoms with E-state index in [-0.39, 0.29) is 5.91 Å². The number of benzene rings is 2. The van der Waals surface area contributed by atoms with Crippen LogP contribution in [0.3, 0.4) is 0 Å². The third-order valence-electron chi connectivity index (χ3n) is 4.63. The average Bonchev–Trinajstić information content (AvgIpc) is 2.77. The highest BCUT2D eigenvalue weighted by Gasteiger charge is 2.07. The van der Waals surface area contributed by atoms with Crippen molar-refractivity contribution in [1.82, 2.24) is 4.98 Å². The molecule has 29 heavy (non-hydrogen) atoms. The molecule has 0 aliphatic rings. The van der Waals surface area contributed by atoms with Gasteiger partial charge in [0.2, 0.25) is 5.91 Å². The number of pyridine rings is 1. The highest BCUT2D eigenvalue weighted by molar-refractivity contribution is 5.93. The van der Waals surface area contributed by atoms with Gasteiger partial charge in [0.1, 0.15) is 12.1 Å². The molecule has 0 aliphatic carbocycles. The monoisotopic (exact) mass is 387 g/mol. The number of carbonyl (C=O) groups excluding carboxylic acids is 2. The first-order valence-corrected chi connectivity index (χ1v) is 9.83. The topological polar surface area (TPSA) is 71.1 Å². The van der Waals surface area contributed by atoms with Crippen LogP contribution in [0.25, 0.3) is 11.1 Å². The Hall–Kier alpha value is -3.47. The number of nitrogens with one attached hydrogen (secondary N) is 2. The van der Waals surface area contributed by atoms with Crippen molar-refractivity contribution in [2.24, 2.45) is 0 Å². The molecule has 0 fully saturated rings. The van der Waals surface area contributed by atoms with E-state index in [1.54, 1.807) is 6.20 Å². The number of aromatic nitrogens is 1. The number of amides is 1. The summed E-state index contributed by atoms with van der Waals surface area (Å²) >= 11 is 0. The summed E-state index contributed by atoms with van der Waals surface area (Å²) in [7, 11) is 0. The first-order chi connectivity index (χ1) is 14.2. The summed E-state index contributed by atoms with van der Waals surface area (Å²) in [5, 5.41) is 6.23. The van der Waals surface area contributed by atoms with E-state index in [1.807, 2.05) is 36.4 Å². The fourth-order valence-electron chi connectivity index (χ4n) is 2.95. The molecular formula is C24H25N3O2. The summed E-state index contributed by atoms with van der Waals surface area (Å²) in [6.45, 7) is 2.66. The molecular weight excluding hydrogens is 362 g/mol. The van der Waals surface area contributed by atoms with Crippen molar-refractivity contribution in [3.05, 3.63) is 78.0 Å². The van der Waals surface area contributed by atoms with Crippen molar-refractivity contribution >= 4 is 23.7 Å². The zero-order chi connectivity index (χ0) is 20.5. The van der Waals surface area contributed by atoms with Gasteiger partial charge in [0.25, 0.3) is 0 Å². The molecule has 1 heterocycles. The molecule has 0 aliphatic heterocycles. The molecule has 0 spiro atoms. The minimum absolute atomic E-state index is 0.00727. The molecule has 3 aromatic rings. The summed E-state index contributed by atoms with van der Waals surface area (Å²) in [5.41, 5.74) is 4.63. The van der Waals surface area contributed by atoms with Gasteiger partial charge in [-0.15, -0.1) is 0 Å². The number of aldehydes is 1. The van der Waals surface area contributed by atoms with Crippen LogP contribution in [0.4, 0.5) is 11.5 Å². The molecule has 148 valence electrons. The molecule has 0 radical (unpaired) electrons. The first kappa shape index (κ1) is 20.3. The summed E-state index contributed by atoms with van der Waals surface area (Å²) in [5.74, 6) is 0.665. The van der Waals surface area contributed by atoms with Crippen LogP contribution in [-0.4, -0.2) is 17.2 Å². The van der Waals surface area contributed by atoms with Gasteiger partial charge in [0, 0.05) is 24.7 Å². The van der Waals surface area contributed by atoms with Gasteiger partial charge in [-0.3, -0.25) is 9.59 Å². The van der Waals surface area contributed by atoms with Gasteiger partial charge in [-0.05, 0) is 35.2 Å². The molecule has 5 nitrogen and oxygen atoms in total. The standard InChI is InChI=1S/C24H25N3O2/c1-2-3-6-23(29)27-22-5-4-15-25-24(22)26-16-18-7-11-20(12-8-18)21-13-9-19(17-28)10-14-21/h4-5,7-15,17H,2-3,6,16H2,1H3,(H,25,26)(H,27,29). The van der Waals surface area contributed by atoms with Gasteiger partial charge in [-0.1, -0.05) is 61.9 Å². The Morgan fingerprint density at radius 1 is 1.00 bits per heavy atom. The van der Waals surface area contributed by atoms with E-state index in [4.69, 9.17) is 0 Å². The number of hydrogen-bond acceptors (Lipinski definition) is 4. The van der Waals surface area contributed by atoms with Crippen molar-refractivity contribution < 1.29 is 9.59 Å². The van der Waals surface area contributed by atoms with Crippen LogP contribution in [0.5, 0.6) is 0 Å². The second kappa shape index (κ2) is 10.2. The lowest BCUT2D eigenvalue weighted by Gasteiger charge is -2.12. The van der Waals surface area contributed by atoms with Crippen LogP contribution in [0.1, 0.15) is 42.1 Å². The van der Waals surface area contributed by atoms with Gasteiger partial charge in [0.05, 0.1) is 5.69 Å². The molecule has 3 rings (SSSR count). The fraction of sp³-hybridized carbons (Fsp3) is 0.208. The van der Waals surface area contributed by atoms with Crippen LogP contribution < -0.4 is 10.6 Å². The van der Waals surface area contributed by atoms with Crippen molar-refractivity contribution in [2.45, 2.75) is 32.7 Å². The third-order valence-corrected chi connectivity index (χ3v) is 4.63. The lowest BCUT2D eigenvalue weighted by molar-refractivity contribution is -0.116. The SMILES string of the molecule is CCCCC(=O)Nc1cccnc1NCc1ccc(-c2ccc(C=O)cc2)cc1. The number of unbranched alkanes of at least 4 members (excludes halogenated alkanes) is 1. The molecule has 1 amide bonds. The first-order valence-electron chi connectivity index (χ1n) is 9.83. The Morgan fingerprint density at radius 2 is 1.69 bits per heavy atom. The summed E-state index contributed by atoms with van der Waals surface area (Å²) in [6, 6.07) is 19.4. The maximum atomic E-state index is 12.0. The molecule has 2 N–H and O–H groups in total. The molecule has 0 unspecified atom stereocenters. The molecule has 1 aromatic heterocycles. The molecule has 0 bridgehead atoms. The molecule has 2 aromatic carbocycles. The van der Waals surface area contributed by atoms with Crippen molar-refractivity contribution in [1.29, 1.82) is 0 Å². The number of anilines is 2. The van der Waals surface area contributed by atoms with Crippen molar-refractivity contribution in [3.63, 3.8) is 0 Å². The van der Waals surface area contributed by atoms with Crippen LogP contribution in [0.2, 0.25) is 0 Å². The number of carbonyl (C=O) groups is 2. The molecule has 0 saturated carbocycles. The Bertz CT molecular complexity index is 951. The Balaban J connectivity index is 1.63. The van der Waals surface area contributed by atoms with Crippen LogP contribution in [0, 0.1) is 0 Å². The summed E-state index contributed by atoms with van der Waals surface area (Å²) < 4.78 is 0. The minimum atomic E-state index is 0.00727. The molecule has 5 heteroatoms. The van der Waals surface area contributed by atoms with E-state index in [0.29, 0.717) is 30.0 Å². The zero-order valence-corrected chi connectivity index (χ0v) is 16.5. The normalized spacial score (nSPS) is 10.4. The lowest BCUT2D eigenvalue weighted by atomic mass is 10.0. The fourth-order valence-corrected chi connectivity index (χ4v) is 2.95. The van der Waals surface area contributed by atoms with Gasteiger partial charge in [0.15, 0.2) is 0 Å². The van der Waals surface area contributed by atoms with Crippen LogP contribution in [0.15, 0.2) is 66.9 Å². The predicted molar refractivity (Wildman–Crippen MR) is 117 cm³/mol. The van der Waals surface area contributed by atoms with E-state index < -0.39 is 0 Å². The zero-order valence-electron chi connectivity index (χ0n) is 16.5. The van der Waals surface area contributed by atoms with E-state index in [1.165, 1.54) is 0 Å². The third kappa shape index (κ3) is 5.75. The van der Waals surface area contributed by atoms with E-state index in [9.17, 15) is 9.59 Å². The number of rotatable bonds is 9. The summed E-state index contributed by atoms with van der Waals surface area (Å²) in [4.78, 5) is 27.2. The highest BCUT2D eigenvalue weighted by atomic mass is 16.1. The van der Waals surface area contributed by atoms with Crippen LogP contribution in [-0.2, 0) is 11.3 Å². The average molecular weight is 387 g/mol. The minimum Gasteiger partial charge on any atom is -0.364 e. The van der Waals surface area contributed by atoms with E-state index in [0.717, 1.165) is 35.8 Å². The van der Waals surface area contributed by atoms with Gasteiger partial charge < -0.3 is 10.6 Å². The second-order valence-electron chi connectivity index (χ2n) is 6.84. The second-order valence-corrected chi connectivity index (χ2v) is 6.84. The van der Waals surface area contributed by atoms with Gasteiger partial charge >= 0.3 is 0 Å². The Kier molecular flexibility index (Phi) is 7.11. The predicted octanol–water partition coefficient (Wildman–Crippen LogP) is 5.30. The smallest absolute Gasteiger partial charge is 0.224 e. The van der Waals surface area contributed by atoms with E-state index in [2.05, 4.69) is 46.8 Å². The quantitative estimate of drug-likeness (QED) is 0.489. The summed E-state index contributed by atoms with van der Waals surface area (Å²) in [6.07, 6.45) is 4.93. The largest absolute Gasteiger partial charge is 0.364 e. The Morgan fingerprint density at radius 3 is 2.34 bits per heavy atom. The van der Waals surface area contributed by atoms with Crippen molar-refractivity contribution in [2.75, 3.05) is 10.6 Å². The molecule has 0 saturated heterocycles. The lowest BCUT2D eigenvalue weighted by Crippen LogP contribution is -2.13.